The lowest BCUT2D eigenvalue weighted by molar-refractivity contribution is -0.143. The van der Waals surface area contributed by atoms with E-state index in [0.717, 1.165) is 0 Å². The van der Waals surface area contributed by atoms with E-state index in [2.05, 4.69) is 5.32 Å². The van der Waals surface area contributed by atoms with Crippen molar-refractivity contribution < 1.29 is 35.9 Å². The fourth-order valence-electron chi connectivity index (χ4n) is 3.53. The van der Waals surface area contributed by atoms with Gasteiger partial charge in [0.1, 0.15) is 6.04 Å². The van der Waals surface area contributed by atoms with Crippen LogP contribution >= 0.6 is 0 Å². The van der Waals surface area contributed by atoms with Gasteiger partial charge in [0.15, 0.2) is 0 Å². The van der Waals surface area contributed by atoms with Crippen LogP contribution in [0.2, 0.25) is 0 Å². The first kappa shape index (κ1) is 24.8. The Balaban J connectivity index is 2.06. The van der Waals surface area contributed by atoms with E-state index in [-0.39, 0.29) is 6.07 Å². The summed E-state index contributed by atoms with van der Waals surface area (Å²) in [6.07, 6.45) is -10.3. The van der Waals surface area contributed by atoms with Gasteiger partial charge in [0.2, 0.25) is 5.91 Å². The Kier molecular flexibility index (Phi) is 6.99. The molecule has 178 valence electrons. The molecule has 3 aromatic carbocycles. The van der Waals surface area contributed by atoms with Gasteiger partial charge in [-0.15, -0.1) is 0 Å². The van der Waals surface area contributed by atoms with Gasteiger partial charge < -0.3 is 11.1 Å². The van der Waals surface area contributed by atoms with E-state index in [4.69, 9.17) is 5.73 Å². The highest BCUT2D eigenvalue weighted by molar-refractivity contribution is 5.98. The zero-order valence-corrected chi connectivity index (χ0v) is 17.3. The number of alkyl halides is 6. The Bertz CT molecular complexity index is 1090. The molecule has 0 bridgehead atoms. The summed E-state index contributed by atoms with van der Waals surface area (Å²) in [5, 5.41) is 2.24. The second kappa shape index (κ2) is 9.58. The second-order valence-corrected chi connectivity index (χ2v) is 7.45. The molecule has 34 heavy (non-hydrogen) atoms. The highest BCUT2D eigenvalue weighted by Gasteiger charge is 2.38. The van der Waals surface area contributed by atoms with Crippen molar-refractivity contribution >= 4 is 11.8 Å². The fourth-order valence-corrected chi connectivity index (χ4v) is 3.53. The lowest BCUT2D eigenvalue weighted by Gasteiger charge is -2.27. The van der Waals surface area contributed by atoms with Gasteiger partial charge in [-0.2, -0.15) is 26.3 Å². The Morgan fingerprint density at radius 2 is 1.12 bits per heavy atom. The number of primary amides is 1. The summed E-state index contributed by atoms with van der Waals surface area (Å²) in [6, 6.07) is 15.8. The summed E-state index contributed by atoms with van der Waals surface area (Å²) < 4.78 is 79.1. The highest BCUT2D eigenvalue weighted by atomic mass is 19.4. The maximum Gasteiger partial charge on any atom is 0.416 e. The molecule has 3 aromatic rings. The number of hydrogen-bond donors (Lipinski definition) is 2. The first-order chi connectivity index (χ1) is 15.9. The summed E-state index contributed by atoms with van der Waals surface area (Å²) in [4.78, 5) is 25.2. The van der Waals surface area contributed by atoms with Crippen LogP contribution in [0.25, 0.3) is 0 Å². The largest absolute Gasteiger partial charge is 0.416 e. The van der Waals surface area contributed by atoms with Crippen LogP contribution < -0.4 is 11.1 Å². The van der Waals surface area contributed by atoms with Gasteiger partial charge in [0.25, 0.3) is 5.91 Å². The van der Waals surface area contributed by atoms with Crippen molar-refractivity contribution in [3.8, 4) is 0 Å². The third-order valence-electron chi connectivity index (χ3n) is 5.09. The molecular formula is C24H18F6N2O2. The molecule has 1 atom stereocenters. The van der Waals surface area contributed by atoms with Crippen LogP contribution in [0, 0.1) is 0 Å². The molecule has 0 heterocycles. The molecule has 3 rings (SSSR count). The number of nitrogens with two attached hydrogens (primary N) is 1. The smallest absolute Gasteiger partial charge is 0.368 e. The molecule has 3 N–H and O–H groups in total. The number of nitrogens with one attached hydrogen (secondary N) is 1. The lowest BCUT2D eigenvalue weighted by atomic mass is 9.84. The zero-order chi connectivity index (χ0) is 25.1. The van der Waals surface area contributed by atoms with Gasteiger partial charge in [0, 0.05) is 11.5 Å². The van der Waals surface area contributed by atoms with E-state index in [9.17, 15) is 35.9 Å². The van der Waals surface area contributed by atoms with Crippen LogP contribution in [0.1, 0.15) is 38.5 Å². The van der Waals surface area contributed by atoms with Crippen LogP contribution in [-0.4, -0.2) is 17.9 Å². The van der Waals surface area contributed by atoms with Crippen LogP contribution in [-0.2, 0) is 17.1 Å². The molecular weight excluding hydrogens is 462 g/mol. The van der Waals surface area contributed by atoms with Crippen molar-refractivity contribution in [2.24, 2.45) is 5.73 Å². The van der Waals surface area contributed by atoms with E-state index in [1.54, 1.807) is 60.7 Å². The SMILES string of the molecule is NC(=O)[C@@H](NC(=O)c1cc(C(F)(F)F)cc(C(F)(F)F)c1)C(c1ccccc1)c1ccccc1. The number of amides is 2. The lowest BCUT2D eigenvalue weighted by Crippen LogP contribution is -2.48. The zero-order valence-electron chi connectivity index (χ0n) is 17.3. The van der Waals surface area contributed by atoms with Crippen LogP contribution in [0.15, 0.2) is 78.9 Å². The van der Waals surface area contributed by atoms with Crippen LogP contribution in [0.5, 0.6) is 0 Å². The van der Waals surface area contributed by atoms with Gasteiger partial charge >= 0.3 is 12.4 Å². The average Bonchev–Trinajstić information content (AvgIpc) is 2.78. The normalized spacial score (nSPS) is 12.9. The van der Waals surface area contributed by atoms with E-state index < -0.39 is 52.8 Å². The number of benzene rings is 3. The van der Waals surface area contributed by atoms with Crippen molar-refractivity contribution in [2.45, 2.75) is 24.3 Å². The van der Waals surface area contributed by atoms with Gasteiger partial charge in [-0.25, -0.2) is 0 Å². The minimum absolute atomic E-state index is 0.0842. The van der Waals surface area contributed by atoms with Gasteiger partial charge in [-0.05, 0) is 29.3 Å². The van der Waals surface area contributed by atoms with Crippen molar-refractivity contribution in [1.82, 2.24) is 5.32 Å². The third-order valence-corrected chi connectivity index (χ3v) is 5.09. The monoisotopic (exact) mass is 480 g/mol. The Hall–Kier alpha value is -3.82. The van der Waals surface area contributed by atoms with Crippen molar-refractivity contribution in [1.29, 1.82) is 0 Å². The quantitative estimate of drug-likeness (QED) is 0.480. The summed E-state index contributed by atoms with van der Waals surface area (Å²) >= 11 is 0. The first-order valence-electron chi connectivity index (χ1n) is 9.87. The number of halogens is 6. The van der Waals surface area contributed by atoms with E-state index in [1.807, 2.05) is 0 Å². The van der Waals surface area contributed by atoms with E-state index in [0.29, 0.717) is 23.3 Å². The molecule has 0 unspecified atom stereocenters. The summed E-state index contributed by atoms with van der Waals surface area (Å²) in [5.41, 5.74) is 2.43. The van der Waals surface area contributed by atoms with Crippen molar-refractivity contribution in [2.75, 3.05) is 0 Å². The molecule has 4 nitrogen and oxygen atoms in total. The summed E-state index contributed by atoms with van der Waals surface area (Å²) in [6.45, 7) is 0. The third kappa shape index (κ3) is 5.75. The fraction of sp³-hybridized carbons (Fsp3) is 0.167. The minimum atomic E-state index is -5.13. The number of rotatable bonds is 6. The number of hydrogen-bond acceptors (Lipinski definition) is 2. The molecule has 10 heteroatoms. The summed E-state index contributed by atoms with van der Waals surface area (Å²) in [7, 11) is 0. The number of carbonyl (C=O) groups is 2. The van der Waals surface area contributed by atoms with Gasteiger partial charge in [0.05, 0.1) is 11.1 Å². The minimum Gasteiger partial charge on any atom is -0.368 e. The second-order valence-electron chi connectivity index (χ2n) is 7.45. The predicted octanol–water partition coefficient (Wildman–Crippen LogP) is 5.14. The molecule has 0 aliphatic rings. The van der Waals surface area contributed by atoms with Crippen molar-refractivity contribution in [3.05, 3.63) is 107 Å². The average molecular weight is 480 g/mol. The summed E-state index contributed by atoms with van der Waals surface area (Å²) in [5.74, 6) is -3.18. The van der Waals surface area contributed by atoms with Crippen LogP contribution in [0.4, 0.5) is 26.3 Å². The predicted molar refractivity (Wildman–Crippen MR) is 112 cm³/mol. The molecule has 0 fully saturated rings. The Morgan fingerprint density at radius 3 is 1.47 bits per heavy atom. The molecule has 0 aromatic heterocycles. The maximum absolute atomic E-state index is 13.2. The Labute approximate surface area is 190 Å². The standard InChI is InChI=1S/C24H18F6N2O2/c25-23(26,27)17-11-16(12-18(13-17)24(28,29)30)22(34)32-20(21(31)33)19(14-7-3-1-4-8-14)15-9-5-2-6-10-15/h1-13,19-20H,(H2,31,33)(H,32,34)/t20-/m0/s1. The molecule has 0 aliphatic carbocycles. The molecule has 2 amide bonds. The molecule has 0 spiro atoms. The van der Waals surface area contributed by atoms with E-state index in [1.165, 1.54) is 0 Å². The highest BCUT2D eigenvalue weighted by Crippen LogP contribution is 2.36. The first-order valence-corrected chi connectivity index (χ1v) is 9.87. The Morgan fingerprint density at radius 1 is 0.706 bits per heavy atom. The van der Waals surface area contributed by atoms with Crippen LogP contribution in [0.3, 0.4) is 0 Å². The van der Waals surface area contributed by atoms with Crippen molar-refractivity contribution in [3.63, 3.8) is 0 Å². The van der Waals surface area contributed by atoms with Gasteiger partial charge in [-0.3, -0.25) is 9.59 Å². The molecule has 0 saturated carbocycles. The molecule has 0 radical (unpaired) electrons. The molecule has 0 aliphatic heterocycles. The van der Waals surface area contributed by atoms with Gasteiger partial charge in [-0.1, -0.05) is 60.7 Å². The topological polar surface area (TPSA) is 72.2 Å². The number of carbonyl (C=O) groups excluding carboxylic acids is 2. The molecule has 0 saturated heterocycles. The van der Waals surface area contributed by atoms with E-state index >= 15 is 0 Å². The maximum atomic E-state index is 13.2.